The summed E-state index contributed by atoms with van der Waals surface area (Å²) in [6.45, 7) is 2.12. The van der Waals surface area contributed by atoms with Crippen molar-refractivity contribution in [1.82, 2.24) is 4.89 Å². The molecule has 0 spiro atoms. The van der Waals surface area contributed by atoms with Crippen LogP contribution in [0.15, 0.2) is 0 Å². The summed E-state index contributed by atoms with van der Waals surface area (Å²) in [7, 11) is -3.22. The van der Waals surface area contributed by atoms with Crippen LogP contribution in [0.1, 0.15) is 39.0 Å². The van der Waals surface area contributed by atoms with E-state index in [2.05, 4.69) is 4.89 Å². The van der Waals surface area contributed by atoms with E-state index in [-0.39, 0.29) is 5.75 Å². The first kappa shape index (κ1) is 11.9. The third-order valence-corrected chi connectivity index (χ3v) is 3.79. The first-order valence-corrected chi connectivity index (χ1v) is 6.90. The molecule has 0 atom stereocenters. The van der Waals surface area contributed by atoms with E-state index in [1.54, 1.807) is 6.92 Å². The maximum absolute atomic E-state index is 11.4. The molecule has 14 heavy (non-hydrogen) atoms. The van der Waals surface area contributed by atoms with Gasteiger partial charge in [-0.3, -0.25) is 4.84 Å². The quantitative estimate of drug-likeness (QED) is 0.715. The van der Waals surface area contributed by atoms with E-state index in [4.69, 9.17) is 4.84 Å². The molecule has 1 fully saturated rings. The third-order valence-electron chi connectivity index (χ3n) is 2.51. The maximum atomic E-state index is 11.4. The van der Waals surface area contributed by atoms with Crippen molar-refractivity contribution in [2.24, 2.45) is 5.92 Å². The number of hydrogen-bond acceptors (Lipinski definition) is 3. The number of sulfonamides is 1. The highest BCUT2D eigenvalue weighted by Gasteiger charge is 2.20. The van der Waals surface area contributed by atoms with Crippen molar-refractivity contribution < 1.29 is 13.3 Å². The van der Waals surface area contributed by atoms with Gasteiger partial charge in [0.2, 0.25) is 10.0 Å². The normalized spacial score (nSPS) is 19.8. The Morgan fingerprint density at radius 2 is 1.93 bits per heavy atom. The van der Waals surface area contributed by atoms with Crippen molar-refractivity contribution in [3.05, 3.63) is 0 Å². The van der Waals surface area contributed by atoms with E-state index >= 15 is 0 Å². The van der Waals surface area contributed by atoms with Crippen molar-refractivity contribution in [3.63, 3.8) is 0 Å². The minimum atomic E-state index is -3.22. The fourth-order valence-corrected chi connectivity index (χ4v) is 3.17. The van der Waals surface area contributed by atoms with Crippen molar-refractivity contribution in [1.29, 1.82) is 0 Å². The Morgan fingerprint density at radius 1 is 1.29 bits per heavy atom. The van der Waals surface area contributed by atoms with Crippen LogP contribution in [0, 0.1) is 5.92 Å². The van der Waals surface area contributed by atoms with Gasteiger partial charge in [-0.1, -0.05) is 24.1 Å². The summed E-state index contributed by atoms with van der Waals surface area (Å²) in [4.78, 5) is 6.83. The lowest BCUT2D eigenvalue weighted by atomic mass is 9.91. The molecule has 0 aromatic carbocycles. The molecule has 0 amide bonds. The Morgan fingerprint density at radius 3 is 2.50 bits per heavy atom. The molecule has 1 aliphatic rings. The average molecular weight is 221 g/mol. The summed E-state index contributed by atoms with van der Waals surface area (Å²) in [6.07, 6.45) is 5.64. The van der Waals surface area contributed by atoms with Gasteiger partial charge >= 0.3 is 0 Å². The van der Waals surface area contributed by atoms with Crippen LogP contribution < -0.4 is 4.89 Å². The maximum Gasteiger partial charge on any atom is 0.233 e. The fraction of sp³-hybridized carbons (Fsp3) is 1.00. The van der Waals surface area contributed by atoms with Gasteiger partial charge in [0, 0.05) is 0 Å². The largest absolute Gasteiger partial charge is 0.287 e. The van der Waals surface area contributed by atoms with E-state index in [0.717, 1.165) is 25.7 Å². The van der Waals surface area contributed by atoms with Gasteiger partial charge in [-0.05, 0) is 25.7 Å². The molecule has 0 aromatic rings. The zero-order valence-corrected chi connectivity index (χ0v) is 9.48. The lowest BCUT2D eigenvalue weighted by molar-refractivity contribution is 0.105. The van der Waals surface area contributed by atoms with Crippen LogP contribution >= 0.6 is 0 Å². The minimum Gasteiger partial charge on any atom is -0.287 e. The first-order valence-electron chi connectivity index (χ1n) is 5.25. The van der Waals surface area contributed by atoms with Crippen molar-refractivity contribution in [2.45, 2.75) is 39.0 Å². The van der Waals surface area contributed by atoms with Crippen molar-refractivity contribution >= 4 is 10.0 Å². The molecule has 0 aromatic heterocycles. The van der Waals surface area contributed by atoms with E-state index in [0.29, 0.717) is 12.5 Å². The Hall–Kier alpha value is -0.130. The summed E-state index contributed by atoms with van der Waals surface area (Å²) in [5.74, 6) is 0.536. The van der Waals surface area contributed by atoms with Gasteiger partial charge in [-0.2, -0.15) is 0 Å². The highest BCUT2D eigenvalue weighted by Crippen LogP contribution is 2.24. The van der Waals surface area contributed by atoms with E-state index in [1.807, 2.05) is 0 Å². The van der Waals surface area contributed by atoms with Gasteiger partial charge in [0.1, 0.15) is 0 Å². The molecule has 1 saturated carbocycles. The zero-order chi connectivity index (χ0) is 10.4. The second-order valence-electron chi connectivity index (χ2n) is 3.80. The summed E-state index contributed by atoms with van der Waals surface area (Å²) in [5.41, 5.74) is 0. The van der Waals surface area contributed by atoms with Crippen LogP contribution in [-0.2, 0) is 14.9 Å². The first-order chi connectivity index (χ1) is 6.64. The number of hydrogen-bond donors (Lipinski definition) is 1. The molecule has 0 saturated heterocycles. The Labute approximate surface area is 86.0 Å². The van der Waals surface area contributed by atoms with Crippen LogP contribution in [0.5, 0.6) is 0 Å². The minimum absolute atomic E-state index is 0.215. The second-order valence-corrected chi connectivity index (χ2v) is 5.53. The predicted molar refractivity (Wildman–Crippen MR) is 55.1 cm³/mol. The standard InChI is InChI=1S/C9H19NO3S/c1-2-13-10-14(11,12)8-9-6-4-3-5-7-9/h9-10H,2-8H2,1H3. The molecule has 0 heterocycles. The Balaban J connectivity index is 2.33. The number of nitrogens with one attached hydrogen (secondary N) is 1. The van der Waals surface area contributed by atoms with Gasteiger partial charge in [0.15, 0.2) is 0 Å². The summed E-state index contributed by atoms with van der Waals surface area (Å²) in [6, 6.07) is 0. The Kier molecular flexibility index (Phi) is 4.84. The molecular formula is C9H19NO3S. The van der Waals surface area contributed by atoms with Crippen molar-refractivity contribution in [2.75, 3.05) is 12.4 Å². The van der Waals surface area contributed by atoms with E-state index < -0.39 is 10.0 Å². The highest BCUT2D eigenvalue weighted by atomic mass is 32.2. The van der Waals surface area contributed by atoms with Crippen LogP contribution in [0.4, 0.5) is 0 Å². The molecule has 0 radical (unpaired) electrons. The zero-order valence-electron chi connectivity index (χ0n) is 8.66. The Bertz CT molecular complexity index is 245. The molecule has 1 rings (SSSR count). The van der Waals surface area contributed by atoms with Gasteiger partial charge in [-0.25, -0.2) is 8.42 Å². The molecule has 0 aliphatic heterocycles. The highest BCUT2D eigenvalue weighted by molar-refractivity contribution is 7.89. The molecule has 1 N–H and O–H groups in total. The lowest BCUT2D eigenvalue weighted by Gasteiger charge is -2.21. The monoisotopic (exact) mass is 221 g/mol. The van der Waals surface area contributed by atoms with Crippen LogP contribution in [0.2, 0.25) is 0 Å². The van der Waals surface area contributed by atoms with Gasteiger partial charge in [-0.15, -0.1) is 0 Å². The van der Waals surface area contributed by atoms with E-state index in [9.17, 15) is 8.42 Å². The lowest BCUT2D eigenvalue weighted by Crippen LogP contribution is -2.30. The number of rotatable bonds is 5. The van der Waals surface area contributed by atoms with Crippen LogP contribution in [0.3, 0.4) is 0 Å². The molecule has 4 nitrogen and oxygen atoms in total. The smallest absolute Gasteiger partial charge is 0.233 e. The predicted octanol–water partition coefficient (Wildman–Crippen LogP) is 1.44. The fourth-order valence-electron chi connectivity index (χ4n) is 1.85. The van der Waals surface area contributed by atoms with Gasteiger partial charge in [0.05, 0.1) is 12.4 Å². The summed E-state index contributed by atoms with van der Waals surface area (Å²) in [5, 5.41) is 0. The summed E-state index contributed by atoms with van der Waals surface area (Å²) < 4.78 is 22.8. The summed E-state index contributed by atoms with van der Waals surface area (Å²) >= 11 is 0. The van der Waals surface area contributed by atoms with Crippen molar-refractivity contribution in [3.8, 4) is 0 Å². The average Bonchev–Trinajstić information content (AvgIpc) is 2.16. The third kappa shape index (κ3) is 4.39. The molecule has 5 heteroatoms. The van der Waals surface area contributed by atoms with Gasteiger partial charge in [0.25, 0.3) is 0 Å². The SMILES string of the molecule is CCONS(=O)(=O)CC1CCCCC1. The van der Waals surface area contributed by atoms with Crippen LogP contribution in [-0.4, -0.2) is 20.8 Å². The second kappa shape index (κ2) is 5.68. The molecule has 1 aliphatic carbocycles. The van der Waals surface area contributed by atoms with Gasteiger partial charge < -0.3 is 0 Å². The van der Waals surface area contributed by atoms with E-state index in [1.165, 1.54) is 6.42 Å². The molecular weight excluding hydrogens is 202 g/mol. The topological polar surface area (TPSA) is 55.4 Å². The molecule has 0 unspecified atom stereocenters. The molecule has 84 valence electrons. The van der Waals surface area contributed by atoms with Crippen LogP contribution in [0.25, 0.3) is 0 Å². The molecule has 0 bridgehead atoms.